The van der Waals surface area contributed by atoms with Crippen LogP contribution in [0, 0.1) is 6.92 Å². The number of phenols is 2. The lowest BCUT2D eigenvalue weighted by Crippen LogP contribution is -2.44. The smallest absolute Gasteiger partial charge is 0.225 e. The minimum absolute atomic E-state index is 0.0285. The van der Waals surface area contributed by atoms with Gasteiger partial charge in [0.05, 0.1) is 22.3 Å². The minimum atomic E-state index is -1.63. The van der Waals surface area contributed by atoms with Crippen LogP contribution in [0.2, 0.25) is 0 Å². The van der Waals surface area contributed by atoms with Gasteiger partial charge in [0.1, 0.15) is 35.6 Å². The topological polar surface area (TPSA) is 126 Å². The molecular formula is C25H26O8. The van der Waals surface area contributed by atoms with Crippen molar-refractivity contribution >= 4 is 5.78 Å². The number of carbonyl (C=O) groups excluding carboxylic acids is 1. The SMILES string of the molecule is Cc1cc(O)c2c3c1[C@H](O)[C@@H]1O[C@]3(OC1(C)C)c1c3c(cc(O)c1C2=O)O[C@@H](C(C)(C)O)C3. The van der Waals surface area contributed by atoms with Crippen LogP contribution in [0.4, 0.5) is 0 Å². The number of hydrogen-bond acceptors (Lipinski definition) is 8. The van der Waals surface area contributed by atoms with E-state index in [4.69, 9.17) is 14.2 Å². The largest absolute Gasteiger partial charge is 0.507 e. The van der Waals surface area contributed by atoms with Crippen LogP contribution in [-0.2, 0) is 21.7 Å². The quantitative estimate of drug-likeness (QED) is 0.518. The van der Waals surface area contributed by atoms with Crippen LogP contribution in [0.1, 0.15) is 77.5 Å². The lowest BCUT2D eigenvalue weighted by Gasteiger charge is -2.42. The molecule has 0 saturated carbocycles. The lowest BCUT2D eigenvalue weighted by molar-refractivity contribution is -0.178. The molecule has 1 aliphatic carbocycles. The fourth-order valence-electron chi connectivity index (χ4n) is 5.97. The molecule has 4 aliphatic rings. The highest BCUT2D eigenvalue weighted by Crippen LogP contribution is 2.63. The van der Waals surface area contributed by atoms with Crippen LogP contribution in [0.5, 0.6) is 17.2 Å². The Hall–Kier alpha value is -2.65. The number of phenolic OH excluding ortho intramolecular Hbond substituents is 2. The first kappa shape index (κ1) is 20.9. The third-order valence-electron chi connectivity index (χ3n) is 7.45. The molecule has 174 valence electrons. The summed E-state index contributed by atoms with van der Waals surface area (Å²) in [6.07, 6.45) is -2.19. The van der Waals surface area contributed by atoms with E-state index in [1.165, 1.54) is 12.1 Å². The summed E-state index contributed by atoms with van der Waals surface area (Å²) in [7, 11) is 0. The van der Waals surface area contributed by atoms with Gasteiger partial charge in [-0.1, -0.05) is 0 Å². The maximum atomic E-state index is 13.7. The molecule has 33 heavy (non-hydrogen) atoms. The second-order valence-corrected chi connectivity index (χ2v) is 10.6. The average molecular weight is 454 g/mol. The second kappa shape index (κ2) is 5.88. The molecule has 2 bridgehead atoms. The Balaban J connectivity index is 1.74. The van der Waals surface area contributed by atoms with Gasteiger partial charge in [-0.15, -0.1) is 0 Å². The first-order valence-electron chi connectivity index (χ1n) is 11.0. The van der Waals surface area contributed by atoms with Crippen LogP contribution in [0.15, 0.2) is 12.1 Å². The van der Waals surface area contributed by atoms with Gasteiger partial charge in [-0.05, 0) is 51.8 Å². The third-order valence-corrected chi connectivity index (χ3v) is 7.45. The van der Waals surface area contributed by atoms with Crippen LogP contribution in [-0.4, -0.2) is 49.6 Å². The third kappa shape index (κ3) is 2.36. The van der Waals surface area contributed by atoms with Gasteiger partial charge in [-0.2, -0.15) is 0 Å². The van der Waals surface area contributed by atoms with E-state index in [0.29, 0.717) is 28.0 Å². The summed E-state index contributed by atoms with van der Waals surface area (Å²) in [5.74, 6) is -2.48. The Bertz CT molecular complexity index is 1270. The number of aliphatic hydroxyl groups excluding tert-OH is 1. The van der Waals surface area contributed by atoms with Crippen molar-refractivity contribution in [3.05, 3.63) is 51.1 Å². The molecule has 0 unspecified atom stereocenters. The van der Waals surface area contributed by atoms with E-state index in [-0.39, 0.29) is 34.6 Å². The molecule has 0 amide bonds. The molecule has 2 aromatic carbocycles. The molecule has 0 radical (unpaired) electrons. The van der Waals surface area contributed by atoms with Crippen LogP contribution < -0.4 is 4.74 Å². The van der Waals surface area contributed by atoms with Gasteiger partial charge in [0.2, 0.25) is 11.6 Å². The molecule has 3 aliphatic heterocycles. The first-order valence-corrected chi connectivity index (χ1v) is 11.0. The van der Waals surface area contributed by atoms with Crippen molar-refractivity contribution in [2.75, 3.05) is 0 Å². The van der Waals surface area contributed by atoms with Crippen molar-refractivity contribution in [3.63, 3.8) is 0 Å². The van der Waals surface area contributed by atoms with Gasteiger partial charge in [-0.3, -0.25) is 4.79 Å². The highest BCUT2D eigenvalue weighted by Gasteiger charge is 2.66. The van der Waals surface area contributed by atoms with Crippen LogP contribution in [0.3, 0.4) is 0 Å². The molecule has 2 aromatic rings. The Morgan fingerprint density at radius 2 is 1.73 bits per heavy atom. The van der Waals surface area contributed by atoms with Gasteiger partial charge in [0, 0.05) is 29.2 Å². The van der Waals surface area contributed by atoms with Gasteiger partial charge in [0.25, 0.3) is 0 Å². The van der Waals surface area contributed by atoms with E-state index in [1.54, 1.807) is 34.6 Å². The highest BCUT2D eigenvalue weighted by molar-refractivity contribution is 6.17. The lowest BCUT2D eigenvalue weighted by atomic mass is 9.72. The number of hydrogen-bond donors (Lipinski definition) is 4. The fraction of sp³-hybridized carbons (Fsp3) is 0.480. The van der Waals surface area contributed by atoms with Gasteiger partial charge >= 0.3 is 0 Å². The zero-order valence-electron chi connectivity index (χ0n) is 19.0. The molecule has 1 fully saturated rings. The summed E-state index contributed by atoms with van der Waals surface area (Å²) < 4.78 is 19.0. The van der Waals surface area contributed by atoms with Crippen molar-refractivity contribution in [2.24, 2.45) is 0 Å². The molecular weight excluding hydrogens is 428 g/mol. The molecule has 1 spiro atoms. The number of carbonyl (C=O) groups is 1. The van der Waals surface area contributed by atoms with E-state index in [1.807, 2.05) is 0 Å². The molecule has 3 heterocycles. The normalized spacial score (nSPS) is 30.5. The summed E-state index contributed by atoms with van der Waals surface area (Å²) in [5, 5.41) is 43.6. The van der Waals surface area contributed by atoms with E-state index in [2.05, 4.69) is 0 Å². The van der Waals surface area contributed by atoms with Crippen molar-refractivity contribution in [3.8, 4) is 17.2 Å². The number of ether oxygens (including phenoxy) is 3. The van der Waals surface area contributed by atoms with E-state index >= 15 is 0 Å². The minimum Gasteiger partial charge on any atom is -0.507 e. The fourth-order valence-corrected chi connectivity index (χ4v) is 5.97. The summed E-state index contributed by atoms with van der Waals surface area (Å²) in [6, 6.07) is 2.81. The van der Waals surface area contributed by atoms with Crippen molar-refractivity contribution in [1.82, 2.24) is 0 Å². The van der Waals surface area contributed by atoms with Crippen molar-refractivity contribution < 1.29 is 39.4 Å². The van der Waals surface area contributed by atoms with Gasteiger partial charge < -0.3 is 34.6 Å². The first-order chi connectivity index (χ1) is 15.3. The van der Waals surface area contributed by atoms with Crippen LogP contribution >= 0.6 is 0 Å². The number of aryl methyl sites for hydroxylation is 1. The Labute approximate surface area is 190 Å². The Morgan fingerprint density at radius 3 is 2.39 bits per heavy atom. The molecule has 4 N–H and O–H groups in total. The molecule has 6 rings (SSSR count). The molecule has 8 nitrogen and oxygen atoms in total. The molecule has 0 aromatic heterocycles. The number of benzene rings is 2. The highest BCUT2D eigenvalue weighted by atomic mass is 16.8. The summed E-state index contributed by atoms with van der Waals surface area (Å²) >= 11 is 0. The average Bonchev–Trinajstić information content (AvgIpc) is 3.21. The standard InChI is InChI=1S/C25H26O8/c1-9-6-11(26)17-19-15(9)21(29)22-24(4,5)33-25(19,32-22)18-10-7-14(23(2,3)30)31-13(10)8-12(27)16(18)20(17)28/h6,8,14,21-22,26-27,29-30H,7H2,1-5H3/t14-,21+,22+,25+/m1/s1. The second-order valence-electron chi connectivity index (χ2n) is 10.6. The van der Waals surface area contributed by atoms with Crippen molar-refractivity contribution in [2.45, 2.75) is 76.3 Å². The number of aromatic hydroxyl groups is 2. The van der Waals surface area contributed by atoms with Gasteiger partial charge in [-0.25, -0.2) is 0 Å². The zero-order chi connectivity index (χ0) is 23.8. The Kier molecular flexibility index (Phi) is 3.73. The Morgan fingerprint density at radius 1 is 1.09 bits per heavy atom. The number of ketones is 1. The summed E-state index contributed by atoms with van der Waals surface area (Å²) in [4.78, 5) is 13.7. The number of aliphatic hydroxyl groups is 2. The van der Waals surface area contributed by atoms with Crippen molar-refractivity contribution in [1.29, 1.82) is 0 Å². The number of fused-ring (bicyclic) bond motifs is 4. The van der Waals surface area contributed by atoms with E-state index in [0.717, 1.165) is 0 Å². The number of rotatable bonds is 1. The monoisotopic (exact) mass is 454 g/mol. The molecule has 4 atom stereocenters. The molecule has 8 heteroatoms. The predicted octanol–water partition coefficient (Wildman–Crippen LogP) is 2.47. The summed E-state index contributed by atoms with van der Waals surface area (Å²) in [6.45, 7) is 8.61. The van der Waals surface area contributed by atoms with Crippen LogP contribution in [0.25, 0.3) is 0 Å². The molecule has 1 saturated heterocycles. The predicted molar refractivity (Wildman–Crippen MR) is 115 cm³/mol. The van der Waals surface area contributed by atoms with E-state index < -0.39 is 41.1 Å². The maximum absolute atomic E-state index is 13.7. The van der Waals surface area contributed by atoms with Gasteiger partial charge in [0.15, 0.2) is 0 Å². The van der Waals surface area contributed by atoms with E-state index in [9.17, 15) is 25.2 Å². The summed E-state index contributed by atoms with van der Waals surface area (Å²) in [5.41, 5.74) is 0.0527. The zero-order valence-corrected chi connectivity index (χ0v) is 19.0. The maximum Gasteiger partial charge on any atom is 0.225 e.